The van der Waals surface area contributed by atoms with Gasteiger partial charge in [-0.15, -0.1) is 0 Å². The molecule has 0 bridgehead atoms. The summed E-state index contributed by atoms with van der Waals surface area (Å²) < 4.78 is 2.10. The molecule has 0 atom stereocenters. The van der Waals surface area contributed by atoms with E-state index in [0.717, 1.165) is 61.5 Å². The van der Waals surface area contributed by atoms with E-state index in [4.69, 9.17) is 4.98 Å². The topological polar surface area (TPSA) is 66.7 Å². The van der Waals surface area contributed by atoms with Crippen molar-refractivity contribution in [3.05, 3.63) is 65.5 Å². The Bertz CT molecular complexity index is 1410. The summed E-state index contributed by atoms with van der Waals surface area (Å²) in [6, 6.07) is 16.1. The fraction of sp³-hybridized carbons (Fsp3) is 0.167. The van der Waals surface area contributed by atoms with Gasteiger partial charge in [0.25, 0.3) is 0 Å². The molecule has 0 amide bonds. The Labute approximate surface area is 168 Å². The third-order valence-electron chi connectivity index (χ3n) is 5.83. The summed E-state index contributed by atoms with van der Waals surface area (Å²) in [5, 5.41) is 10.0. The maximum Gasteiger partial charge on any atom is 0.138 e. The van der Waals surface area contributed by atoms with Gasteiger partial charge < -0.3 is 14.7 Å². The maximum atomic E-state index is 10.0. The van der Waals surface area contributed by atoms with Crippen LogP contribution in [-0.2, 0) is 7.05 Å². The van der Waals surface area contributed by atoms with Crippen molar-refractivity contribution in [2.24, 2.45) is 7.05 Å². The Kier molecular flexibility index (Phi) is 3.74. The number of phenols is 1. The summed E-state index contributed by atoms with van der Waals surface area (Å²) in [7, 11) is 2.04. The fourth-order valence-corrected chi connectivity index (χ4v) is 3.90. The van der Waals surface area contributed by atoms with E-state index in [2.05, 4.69) is 44.9 Å². The van der Waals surface area contributed by atoms with Crippen LogP contribution in [0.4, 0.5) is 0 Å². The van der Waals surface area contributed by atoms with Gasteiger partial charge in [-0.1, -0.05) is 12.1 Å². The second kappa shape index (κ2) is 6.21. The van der Waals surface area contributed by atoms with Crippen molar-refractivity contribution >= 4 is 22.1 Å². The smallest absolute Gasteiger partial charge is 0.138 e. The third-order valence-corrected chi connectivity index (χ3v) is 5.83. The average molecular weight is 382 g/mol. The van der Waals surface area contributed by atoms with E-state index < -0.39 is 0 Å². The lowest BCUT2D eigenvalue weighted by Gasteiger charge is -2.07. The maximum absolute atomic E-state index is 10.0. The van der Waals surface area contributed by atoms with Crippen LogP contribution in [0.3, 0.4) is 0 Å². The zero-order valence-electron chi connectivity index (χ0n) is 16.9. The van der Waals surface area contributed by atoms with Crippen molar-refractivity contribution in [3.63, 3.8) is 0 Å². The molecule has 3 aromatic carbocycles. The zero-order chi connectivity index (χ0) is 20.3. The number of phenolic OH excluding ortho intramolecular Hbond substituents is 1. The number of nitrogens with one attached hydrogen (secondary N) is 1. The molecule has 0 radical (unpaired) electrons. The zero-order valence-corrected chi connectivity index (χ0v) is 16.9. The number of aryl methyl sites for hydroxylation is 3. The van der Waals surface area contributed by atoms with E-state index in [-0.39, 0.29) is 5.75 Å². The second-order valence-corrected chi connectivity index (χ2v) is 7.67. The number of H-pyrrole nitrogens is 1. The monoisotopic (exact) mass is 382 g/mol. The lowest BCUT2D eigenvalue weighted by Crippen LogP contribution is -1.89. The minimum Gasteiger partial charge on any atom is -0.508 e. The van der Waals surface area contributed by atoms with E-state index in [0.29, 0.717) is 0 Å². The summed E-state index contributed by atoms with van der Waals surface area (Å²) in [4.78, 5) is 12.8. The van der Waals surface area contributed by atoms with Crippen molar-refractivity contribution in [1.29, 1.82) is 0 Å². The quantitative estimate of drug-likeness (QED) is 0.429. The van der Waals surface area contributed by atoms with Crippen molar-refractivity contribution in [3.8, 4) is 28.3 Å². The van der Waals surface area contributed by atoms with Gasteiger partial charge in [-0.3, -0.25) is 0 Å². The summed E-state index contributed by atoms with van der Waals surface area (Å²) in [6.45, 7) is 6.06. The number of hydrogen-bond acceptors (Lipinski definition) is 3. The van der Waals surface area contributed by atoms with Gasteiger partial charge in [0.2, 0.25) is 0 Å². The molecule has 2 N–H and O–H groups in total. The summed E-state index contributed by atoms with van der Waals surface area (Å²) in [5.41, 5.74) is 9.31. The first kappa shape index (κ1) is 17.5. The Balaban J connectivity index is 1.61. The first-order valence-corrected chi connectivity index (χ1v) is 9.64. The van der Waals surface area contributed by atoms with Gasteiger partial charge in [-0.2, -0.15) is 0 Å². The molecule has 0 saturated carbocycles. The van der Waals surface area contributed by atoms with Gasteiger partial charge in [-0.05, 0) is 79.4 Å². The number of aromatic hydroxyl groups is 1. The molecule has 5 heteroatoms. The molecule has 144 valence electrons. The number of hydrogen-bond donors (Lipinski definition) is 2. The highest BCUT2D eigenvalue weighted by atomic mass is 16.3. The standard InChI is InChI=1S/C24H22N4O/c1-13-9-18(29)12-19(14(13)2)24-26-20-7-5-16(10-21(20)27-24)17-6-8-23-22(11-17)25-15(3)28(23)4/h5-12,29H,1-4H3,(H,26,27). The molecule has 2 heterocycles. The molecule has 0 aliphatic carbocycles. The molecule has 0 saturated heterocycles. The lowest BCUT2D eigenvalue weighted by atomic mass is 10.0. The van der Waals surface area contributed by atoms with E-state index in [1.54, 1.807) is 12.1 Å². The fourth-order valence-electron chi connectivity index (χ4n) is 3.90. The second-order valence-electron chi connectivity index (χ2n) is 7.67. The van der Waals surface area contributed by atoms with Crippen LogP contribution in [0, 0.1) is 20.8 Å². The normalized spacial score (nSPS) is 11.6. The summed E-state index contributed by atoms with van der Waals surface area (Å²) >= 11 is 0. The van der Waals surface area contributed by atoms with Crippen LogP contribution in [0.1, 0.15) is 17.0 Å². The predicted molar refractivity (Wildman–Crippen MR) is 117 cm³/mol. The molecular weight excluding hydrogens is 360 g/mol. The Morgan fingerprint density at radius 1 is 0.862 bits per heavy atom. The molecular formula is C24H22N4O. The predicted octanol–water partition coefficient (Wildman–Crippen LogP) is 5.41. The van der Waals surface area contributed by atoms with Gasteiger partial charge in [0.1, 0.15) is 17.4 Å². The molecule has 0 aliphatic heterocycles. The van der Waals surface area contributed by atoms with Crippen molar-refractivity contribution in [2.45, 2.75) is 20.8 Å². The number of fused-ring (bicyclic) bond motifs is 2. The molecule has 5 aromatic rings. The van der Waals surface area contributed by atoms with Gasteiger partial charge in [0.05, 0.1) is 22.1 Å². The van der Waals surface area contributed by atoms with E-state index >= 15 is 0 Å². The first-order chi connectivity index (χ1) is 13.9. The summed E-state index contributed by atoms with van der Waals surface area (Å²) in [6.07, 6.45) is 0. The van der Waals surface area contributed by atoms with Crippen LogP contribution < -0.4 is 0 Å². The highest BCUT2D eigenvalue weighted by Crippen LogP contribution is 2.31. The lowest BCUT2D eigenvalue weighted by molar-refractivity contribution is 0.475. The van der Waals surface area contributed by atoms with Crippen molar-refractivity contribution in [2.75, 3.05) is 0 Å². The molecule has 5 rings (SSSR count). The number of benzene rings is 3. The minimum atomic E-state index is 0.253. The molecule has 2 aromatic heterocycles. The number of nitrogens with zero attached hydrogens (tertiary/aromatic N) is 3. The molecule has 0 spiro atoms. The van der Waals surface area contributed by atoms with Crippen LogP contribution in [0.25, 0.3) is 44.6 Å². The van der Waals surface area contributed by atoms with Crippen LogP contribution in [0.15, 0.2) is 48.5 Å². The van der Waals surface area contributed by atoms with Gasteiger partial charge >= 0.3 is 0 Å². The van der Waals surface area contributed by atoms with Crippen molar-refractivity contribution < 1.29 is 5.11 Å². The molecule has 5 nitrogen and oxygen atoms in total. The number of imidazole rings is 2. The number of rotatable bonds is 2. The number of aromatic nitrogens is 4. The Morgan fingerprint density at radius 3 is 2.45 bits per heavy atom. The molecule has 0 aliphatic rings. The highest BCUT2D eigenvalue weighted by Gasteiger charge is 2.12. The van der Waals surface area contributed by atoms with Crippen LogP contribution in [-0.4, -0.2) is 24.6 Å². The van der Waals surface area contributed by atoms with Gasteiger partial charge in [0.15, 0.2) is 0 Å². The Morgan fingerprint density at radius 2 is 1.62 bits per heavy atom. The largest absolute Gasteiger partial charge is 0.508 e. The minimum absolute atomic E-state index is 0.253. The Hall–Kier alpha value is -3.60. The third kappa shape index (κ3) is 2.78. The number of aromatic amines is 1. The van der Waals surface area contributed by atoms with Crippen LogP contribution in [0.2, 0.25) is 0 Å². The molecule has 29 heavy (non-hydrogen) atoms. The van der Waals surface area contributed by atoms with Crippen LogP contribution in [0.5, 0.6) is 5.75 Å². The van der Waals surface area contributed by atoms with Crippen molar-refractivity contribution in [1.82, 2.24) is 19.5 Å². The van der Waals surface area contributed by atoms with E-state index in [9.17, 15) is 5.11 Å². The average Bonchev–Trinajstić information content (AvgIpc) is 3.24. The summed E-state index contributed by atoms with van der Waals surface area (Å²) in [5.74, 6) is 2.02. The van der Waals surface area contributed by atoms with Gasteiger partial charge in [0, 0.05) is 12.6 Å². The van der Waals surface area contributed by atoms with Gasteiger partial charge in [-0.25, -0.2) is 9.97 Å². The van der Waals surface area contributed by atoms with E-state index in [1.807, 2.05) is 33.9 Å². The first-order valence-electron chi connectivity index (χ1n) is 9.64. The molecule has 0 unspecified atom stereocenters. The van der Waals surface area contributed by atoms with E-state index in [1.165, 1.54) is 0 Å². The molecule has 0 fully saturated rings. The highest BCUT2D eigenvalue weighted by molar-refractivity contribution is 5.88. The SMILES string of the molecule is Cc1cc(O)cc(-c2nc3ccc(-c4ccc5c(c4)nc(C)n5C)cc3[nH]2)c1C. The van der Waals surface area contributed by atoms with Crippen LogP contribution >= 0.6 is 0 Å².